The summed E-state index contributed by atoms with van der Waals surface area (Å²) in [6, 6.07) is -1.94. The third-order valence-corrected chi connectivity index (χ3v) is 0.810. The summed E-state index contributed by atoms with van der Waals surface area (Å²) < 4.78 is 73.5. The molecule has 0 bridgehead atoms. The Morgan fingerprint density at radius 3 is 3.30 bits per heavy atom. The minimum absolute atomic E-state index is 0.940. The van der Waals surface area contributed by atoms with E-state index in [0.29, 0.717) is 0 Å². The number of pyridine rings is 1. The maximum absolute atomic E-state index is 9.28. The van der Waals surface area contributed by atoms with Crippen LogP contribution in [0, 0.1) is 0 Å². The Hall–Kier alpha value is -1.05. The SMILES string of the molecule is [2H]c1nc(C([2H])(C([2H])([2H])[2H])C([2H])([2H])[2H])c([2H])c([2H])c1O. The fourth-order valence-electron chi connectivity index (χ4n) is 0.402. The number of rotatable bonds is 1. The van der Waals surface area contributed by atoms with Crippen molar-refractivity contribution in [3.63, 3.8) is 0 Å². The molecular weight excluding hydrogens is 126 g/mol. The normalized spacial score (nSPS) is 28.4. The highest BCUT2D eigenvalue weighted by Crippen LogP contribution is 2.13. The van der Waals surface area contributed by atoms with Crippen LogP contribution in [0.2, 0.25) is 0 Å². The molecule has 0 saturated carbocycles. The van der Waals surface area contributed by atoms with Crippen LogP contribution < -0.4 is 0 Å². The topological polar surface area (TPSA) is 33.1 Å². The van der Waals surface area contributed by atoms with Crippen molar-refractivity contribution in [2.75, 3.05) is 0 Å². The van der Waals surface area contributed by atoms with Gasteiger partial charge in [-0.2, -0.15) is 0 Å². The van der Waals surface area contributed by atoms with Crippen molar-refractivity contribution < 1.29 is 18.8 Å². The van der Waals surface area contributed by atoms with Crippen molar-refractivity contribution in [1.29, 1.82) is 0 Å². The van der Waals surface area contributed by atoms with Gasteiger partial charge < -0.3 is 5.11 Å². The molecule has 1 aromatic heterocycles. The molecule has 0 radical (unpaired) electrons. The van der Waals surface area contributed by atoms with Gasteiger partial charge in [-0.3, -0.25) is 4.98 Å². The predicted octanol–water partition coefficient (Wildman–Crippen LogP) is 1.91. The average Bonchev–Trinajstić information content (AvgIpc) is 2.27. The third kappa shape index (κ3) is 1.47. The molecule has 54 valence electrons. The molecule has 2 heteroatoms. The summed E-state index contributed by atoms with van der Waals surface area (Å²) in [5.74, 6) is -4.24. The van der Waals surface area contributed by atoms with E-state index in [0.717, 1.165) is 0 Å². The van der Waals surface area contributed by atoms with Gasteiger partial charge in [0.1, 0.15) is 5.75 Å². The van der Waals surface area contributed by atoms with Gasteiger partial charge in [-0.1, -0.05) is 13.7 Å². The fraction of sp³-hybridized carbons (Fsp3) is 0.375. The molecule has 10 heavy (non-hydrogen) atoms. The molecule has 0 amide bonds. The van der Waals surface area contributed by atoms with E-state index in [1.54, 1.807) is 0 Å². The summed E-state index contributed by atoms with van der Waals surface area (Å²) in [4.78, 5) is 3.24. The lowest BCUT2D eigenvalue weighted by atomic mass is 10.1. The van der Waals surface area contributed by atoms with E-state index in [-0.39, 0.29) is 0 Å². The van der Waals surface area contributed by atoms with E-state index < -0.39 is 49.3 Å². The van der Waals surface area contributed by atoms with Crippen LogP contribution in [0.1, 0.15) is 39.0 Å². The fourth-order valence-corrected chi connectivity index (χ4v) is 0.402. The lowest BCUT2D eigenvalue weighted by Crippen LogP contribution is -1.89. The van der Waals surface area contributed by atoms with Crippen molar-refractivity contribution >= 4 is 0 Å². The van der Waals surface area contributed by atoms with Crippen molar-refractivity contribution in [3.05, 3.63) is 24.0 Å². The quantitative estimate of drug-likeness (QED) is 0.658. The van der Waals surface area contributed by atoms with E-state index in [1.807, 2.05) is 0 Å². The van der Waals surface area contributed by atoms with Crippen LogP contribution in [0.5, 0.6) is 5.75 Å². The molecule has 2 nitrogen and oxygen atoms in total. The zero-order chi connectivity index (χ0) is 16.1. The summed E-state index contributed by atoms with van der Waals surface area (Å²) in [6.07, 6.45) is -0.953. The number of nitrogens with zero attached hydrogens (tertiary/aromatic N) is 1. The first kappa shape index (κ1) is 1.58. The zero-order valence-electron chi connectivity index (χ0n) is 14.9. The highest BCUT2D eigenvalue weighted by Gasteiger charge is 1.98. The van der Waals surface area contributed by atoms with E-state index >= 15 is 0 Å². The van der Waals surface area contributed by atoms with Crippen LogP contribution in [0.25, 0.3) is 0 Å². The highest BCUT2D eigenvalue weighted by molar-refractivity contribution is 5.19. The molecule has 0 aromatic carbocycles. The second kappa shape index (κ2) is 2.69. The predicted molar refractivity (Wildman–Crippen MR) is 40.0 cm³/mol. The average molecular weight is 147 g/mol. The van der Waals surface area contributed by atoms with Crippen LogP contribution >= 0.6 is 0 Å². The van der Waals surface area contributed by atoms with E-state index in [9.17, 15) is 5.11 Å². The van der Waals surface area contributed by atoms with Crippen LogP contribution in [-0.2, 0) is 0 Å². The molecule has 1 aromatic rings. The minimum atomic E-state index is -3.36. The van der Waals surface area contributed by atoms with Crippen molar-refractivity contribution in [3.8, 4) is 5.75 Å². The van der Waals surface area contributed by atoms with E-state index in [2.05, 4.69) is 4.98 Å². The monoisotopic (exact) mass is 147 g/mol. The third-order valence-electron chi connectivity index (χ3n) is 0.810. The Kier molecular flexibility index (Phi) is 0.424. The Bertz CT molecular complexity index is 520. The molecule has 1 heterocycles. The molecular formula is C8H11NO. The number of hydrogen-bond acceptors (Lipinski definition) is 2. The molecule has 0 saturated heterocycles. The first-order chi connectivity index (χ1) is 8.75. The summed E-state index contributed by atoms with van der Waals surface area (Å²) in [7, 11) is 0. The molecule has 0 atom stereocenters. The van der Waals surface area contributed by atoms with Gasteiger partial charge in [-0.15, -0.1) is 0 Å². The second-order valence-electron chi connectivity index (χ2n) is 1.55. The maximum atomic E-state index is 9.28. The minimum Gasteiger partial charge on any atom is -0.506 e. The Labute approximate surface area is 74.6 Å². The molecule has 1 rings (SSSR count). The first-order valence-electron chi connectivity index (χ1n) is 7.42. The van der Waals surface area contributed by atoms with Gasteiger partial charge in [-0.05, 0) is 18.0 Å². The van der Waals surface area contributed by atoms with E-state index in [4.69, 9.17) is 13.7 Å². The van der Waals surface area contributed by atoms with Crippen LogP contribution in [0.3, 0.4) is 0 Å². The number of hydrogen-bond donors (Lipinski definition) is 1. The summed E-state index contributed by atoms with van der Waals surface area (Å²) in [6.45, 7) is -6.73. The van der Waals surface area contributed by atoms with Gasteiger partial charge in [0.15, 0.2) is 0 Å². The molecule has 0 aliphatic carbocycles. The van der Waals surface area contributed by atoms with Crippen LogP contribution in [0.4, 0.5) is 0 Å². The highest BCUT2D eigenvalue weighted by atomic mass is 16.3. The molecule has 0 aliphatic rings. The summed E-state index contributed by atoms with van der Waals surface area (Å²) in [5.41, 5.74) is -1.05. The second-order valence-corrected chi connectivity index (χ2v) is 1.55. The van der Waals surface area contributed by atoms with Gasteiger partial charge in [0.25, 0.3) is 0 Å². The number of aromatic nitrogens is 1. The smallest absolute Gasteiger partial charge is 0.133 e. The lowest BCUT2D eigenvalue weighted by molar-refractivity contribution is 0.472. The Balaban J connectivity index is 3.79. The molecule has 0 unspecified atom stereocenters. The van der Waals surface area contributed by atoms with Crippen LogP contribution in [0.15, 0.2) is 18.3 Å². The van der Waals surface area contributed by atoms with Crippen molar-refractivity contribution in [1.82, 2.24) is 4.98 Å². The number of aromatic hydroxyl groups is 1. The Morgan fingerprint density at radius 2 is 2.60 bits per heavy atom. The summed E-state index contributed by atoms with van der Waals surface area (Å²) in [5, 5.41) is 9.28. The standard InChI is InChI=1S/C8H11NO/c1-6(2)8-4-3-7(10)5-9-8/h3-6,10H,1-2H3/i1D3,2D3,3D,4D,5D,6D. The van der Waals surface area contributed by atoms with Crippen LogP contribution in [-0.4, -0.2) is 10.1 Å². The molecule has 1 N–H and O–H groups in total. The van der Waals surface area contributed by atoms with Gasteiger partial charge >= 0.3 is 0 Å². The molecule has 0 aliphatic heterocycles. The molecule has 0 spiro atoms. The molecule has 0 fully saturated rings. The summed E-state index contributed by atoms with van der Waals surface area (Å²) >= 11 is 0. The largest absolute Gasteiger partial charge is 0.506 e. The first-order valence-corrected chi connectivity index (χ1v) is 2.42. The maximum Gasteiger partial charge on any atom is 0.133 e. The van der Waals surface area contributed by atoms with Gasteiger partial charge in [-0.25, -0.2) is 0 Å². The van der Waals surface area contributed by atoms with Gasteiger partial charge in [0.2, 0.25) is 0 Å². The van der Waals surface area contributed by atoms with Gasteiger partial charge in [0.05, 0.1) is 10.3 Å². The van der Waals surface area contributed by atoms with Crippen molar-refractivity contribution in [2.24, 2.45) is 0 Å². The zero-order valence-corrected chi connectivity index (χ0v) is 4.89. The Morgan fingerprint density at radius 1 is 1.80 bits per heavy atom. The lowest BCUT2D eigenvalue weighted by Gasteiger charge is -2.01. The van der Waals surface area contributed by atoms with Crippen molar-refractivity contribution in [2.45, 2.75) is 19.6 Å². The van der Waals surface area contributed by atoms with E-state index in [1.165, 1.54) is 0 Å². The van der Waals surface area contributed by atoms with Gasteiger partial charge in [0, 0.05) is 15.3 Å².